The lowest BCUT2D eigenvalue weighted by atomic mass is 10.2. The number of ether oxygens (including phenoxy) is 1. The number of para-hydroxylation sites is 1. The summed E-state index contributed by atoms with van der Waals surface area (Å²) < 4.78 is 30.4. The molecule has 0 spiro atoms. The van der Waals surface area contributed by atoms with Gasteiger partial charge in [0.15, 0.2) is 0 Å². The average molecular weight is 397 g/mol. The van der Waals surface area contributed by atoms with E-state index in [9.17, 15) is 13.2 Å². The number of benzene rings is 2. The molecule has 1 amide bonds. The summed E-state index contributed by atoms with van der Waals surface area (Å²) in [4.78, 5) is 14.0. The minimum absolute atomic E-state index is 0.267. The number of hydrogen-bond donors (Lipinski definition) is 0. The quantitative estimate of drug-likeness (QED) is 0.721. The minimum Gasteiger partial charge on any atom is -0.497 e. The number of hydrogen-bond acceptors (Lipinski definition) is 4. The topological polar surface area (TPSA) is 66.9 Å². The molecule has 2 rings (SSSR count). The van der Waals surface area contributed by atoms with Crippen molar-refractivity contribution in [1.82, 2.24) is 4.90 Å². The van der Waals surface area contributed by atoms with Gasteiger partial charge in [0, 0.05) is 13.6 Å². The summed E-state index contributed by atoms with van der Waals surface area (Å²) in [5, 5.41) is 0.267. The maximum atomic E-state index is 12.6. The van der Waals surface area contributed by atoms with Crippen LogP contribution < -0.4 is 9.04 Å². The van der Waals surface area contributed by atoms with E-state index in [2.05, 4.69) is 0 Å². The molecule has 26 heavy (non-hydrogen) atoms. The van der Waals surface area contributed by atoms with Crippen molar-refractivity contribution in [3.63, 3.8) is 0 Å². The first-order valence-corrected chi connectivity index (χ1v) is 10.0. The number of nitrogens with zero attached hydrogens (tertiary/aromatic N) is 2. The van der Waals surface area contributed by atoms with Crippen LogP contribution in [-0.4, -0.2) is 46.2 Å². The fourth-order valence-electron chi connectivity index (χ4n) is 2.37. The highest BCUT2D eigenvalue weighted by atomic mass is 35.5. The van der Waals surface area contributed by atoms with Gasteiger partial charge in [-0.1, -0.05) is 35.9 Å². The molecule has 0 aliphatic heterocycles. The molecule has 0 heterocycles. The Bertz CT molecular complexity index is 869. The molecule has 0 unspecified atom stereocenters. The largest absolute Gasteiger partial charge is 0.497 e. The van der Waals surface area contributed by atoms with Crippen LogP contribution in [0.4, 0.5) is 5.69 Å². The first-order chi connectivity index (χ1) is 12.2. The SMILES string of the molecule is COc1ccc(CN(C)C(=O)CN(c2ccccc2Cl)S(C)(=O)=O)cc1. The predicted molar refractivity (Wildman–Crippen MR) is 103 cm³/mol. The van der Waals surface area contributed by atoms with Gasteiger partial charge < -0.3 is 9.64 Å². The second kappa shape index (κ2) is 8.42. The molecule has 0 aliphatic rings. The fraction of sp³-hybridized carbons (Fsp3) is 0.278. The van der Waals surface area contributed by atoms with Gasteiger partial charge in [-0.05, 0) is 29.8 Å². The Morgan fingerprint density at radius 1 is 1.12 bits per heavy atom. The molecule has 0 saturated carbocycles. The van der Waals surface area contributed by atoms with E-state index >= 15 is 0 Å². The van der Waals surface area contributed by atoms with Crippen LogP contribution in [0.2, 0.25) is 5.02 Å². The zero-order chi connectivity index (χ0) is 19.3. The number of carbonyl (C=O) groups excluding carboxylic acids is 1. The first-order valence-electron chi connectivity index (χ1n) is 7.81. The van der Waals surface area contributed by atoms with Gasteiger partial charge in [-0.2, -0.15) is 0 Å². The lowest BCUT2D eigenvalue weighted by molar-refractivity contribution is -0.128. The molecule has 0 aromatic heterocycles. The van der Waals surface area contributed by atoms with Crippen LogP contribution in [0.1, 0.15) is 5.56 Å². The number of amides is 1. The van der Waals surface area contributed by atoms with Crippen LogP contribution in [0.5, 0.6) is 5.75 Å². The monoisotopic (exact) mass is 396 g/mol. The summed E-state index contributed by atoms with van der Waals surface area (Å²) in [6.07, 6.45) is 1.05. The number of rotatable bonds is 7. The summed E-state index contributed by atoms with van der Waals surface area (Å²) in [5.74, 6) is 0.385. The van der Waals surface area contributed by atoms with Crippen LogP contribution in [0.25, 0.3) is 0 Å². The Hall–Kier alpha value is -2.25. The minimum atomic E-state index is -3.67. The molecule has 2 aromatic carbocycles. The van der Waals surface area contributed by atoms with Gasteiger partial charge in [-0.3, -0.25) is 9.10 Å². The van der Waals surface area contributed by atoms with Gasteiger partial charge >= 0.3 is 0 Å². The predicted octanol–water partition coefficient (Wildman–Crippen LogP) is 2.77. The lowest BCUT2D eigenvalue weighted by Gasteiger charge is -2.26. The number of sulfonamides is 1. The van der Waals surface area contributed by atoms with Gasteiger partial charge in [0.2, 0.25) is 15.9 Å². The molecule has 0 radical (unpaired) electrons. The van der Waals surface area contributed by atoms with E-state index in [0.29, 0.717) is 6.54 Å². The Morgan fingerprint density at radius 2 is 1.73 bits per heavy atom. The van der Waals surface area contributed by atoms with Crippen LogP contribution in [0, 0.1) is 0 Å². The van der Waals surface area contributed by atoms with Crippen molar-refractivity contribution in [2.75, 3.05) is 31.3 Å². The molecule has 0 aliphatic carbocycles. The first kappa shape index (κ1) is 20.1. The fourth-order valence-corrected chi connectivity index (χ4v) is 3.52. The molecule has 6 nitrogen and oxygen atoms in total. The van der Waals surface area contributed by atoms with E-state index in [0.717, 1.165) is 21.9 Å². The van der Waals surface area contributed by atoms with E-state index in [1.54, 1.807) is 50.6 Å². The van der Waals surface area contributed by atoms with E-state index in [1.165, 1.54) is 4.90 Å². The van der Waals surface area contributed by atoms with Crippen molar-refractivity contribution in [2.45, 2.75) is 6.54 Å². The van der Waals surface area contributed by atoms with Crippen LogP contribution in [0.15, 0.2) is 48.5 Å². The Balaban J connectivity index is 2.14. The van der Waals surface area contributed by atoms with E-state index < -0.39 is 10.0 Å². The number of carbonyl (C=O) groups is 1. The average Bonchev–Trinajstić information content (AvgIpc) is 2.60. The maximum Gasteiger partial charge on any atom is 0.243 e. The summed E-state index contributed by atoms with van der Waals surface area (Å²) in [6, 6.07) is 13.8. The Kier molecular flexibility index (Phi) is 6.50. The van der Waals surface area contributed by atoms with Crippen molar-refractivity contribution in [1.29, 1.82) is 0 Å². The molecule has 2 aromatic rings. The molecule has 0 saturated heterocycles. The molecule has 0 N–H and O–H groups in total. The molecular formula is C18H21ClN2O4S. The standard InChI is InChI=1S/C18H21ClN2O4S/c1-20(12-14-8-10-15(25-2)11-9-14)18(22)13-21(26(3,23)24)17-7-5-4-6-16(17)19/h4-11H,12-13H2,1-3H3. The number of anilines is 1. The third-order valence-electron chi connectivity index (χ3n) is 3.80. The molecular weight excluding hydrogens is 376 g/mol. The number of halogens is 1. The highest BCUT2D eigenvalue weighted by molar-refractivity contribution is 7.92. The molecule has 0 atom stereocenters. The smallest absolute Gasteiger partial charge is 0.243 e. The lowest BCUT2D eigenvalue weighted by Crippen LogP contribution is -2.41. The molecule has 140 valence electrons. The summed E-state index contributed by atoms with van der Waals surface area (Å²) in [7, 11) is -0.459. The van der Waals surface area contributed by atoms with Crippen LogP contribution >= 0.6 is 11.6 Å². The highest BCUT2D eigenvalue weighted by Gasteiger charge is 2.24. The Morgan fingerprint density at radius 3 is 2.27 bits per heavy atom. The summed E-state index contributed by atoms with van der Waals surface area (Å²) in [5.41, 5.74) is 1.19. The van der Waals surface area contributed by atoms with Crippen molar-refractivity contribution >= 4 is 33.2 Å². The van der Waals surface area contributed by atoms with Gasteiger partial charge in [0.1, 0.15) is 12.3 Å². The normalized spacial score (nSPS) is 11.1. The van der Waals surface area contributed by atoms with E-state index in [-0.39, 0.29) is 23.2 Å². The van der Waals surface area contributed by atoms with E-state index in [1.807, 2.05) is 12.1 Å². The van der Waals surface area contributed by atoms with Gasteiger partial charge in [0.05, 0.1) is 24.1 Å². The third kappa shape index (κ3) is 5.12. The van der Waals surface area contributed by atoms with Gasteiger partial charge in [-0.15, -0.1) is 0 Å². The maximum absolute atomic E-state index is 12.6. The van der Waals surface area contributed by atoms with Crippen molar-refractivity contribution < 1.29 is 17.9 Å². The zero-order valence-electron chi connectivity index (χ0n) is 14.8. The van der Waals surface area contributed by atoms with Gasteiger partial charge in [-0.25, -0.2) is 8.42 Å². The number of likely N-dealkylation sites (N-methyl/N-ethyl adjacent to an activating group) is 1. The summed E-state index contributed by atoms with van der Waals surface area (Å²) >= 11 is 6.10. The zero-order valence-corrected chi connectivity index (χ0v) is 16.4. The number of methoxy groups -OCH3 is 1. The van der Waals surface area contributed by atoms with Crippen molar-refractivity contribution in [3.8, 4) is 5.75 Å². The molecule has 0 fully saturated rings. The van der Waals surface area contributed by atoms with Crippen LogP contribution in [-0.2, 0) is 21.4 Å². The van der Waals surface area contributed by atoms with Crippen molar-refractivity contribution in [2.24, 2.45) is 0 Å². The molecule has 0 bridgehead atoms. The van der Waals surface area contributed by atoms with Gasteiger partial charge in [0.25, 0.3) is 0 Å². The van der Waals surface area contributed by atoms with Crippen molar-refractivity contribution in [3.05, 3.63) is 59.1 Å². The highest BCUT2D eigenvalue weighted by Crippen LogP contribution is 2.27. The second-order valence-electron chi connectivity index (χ2n) is 5.82. The summed E-state index contributed by atoms with van der Waals surface area (Å²) in [6.45, 7) is 0.0260. The van der Waals surface area contributed by atoms with Crippen LogP contribution in [0.3, 0.4) is 0 Å². The second-order valence-corrected chi connectivity index (χ2v) is 8.13. The van der Waals surface area contributed by atoms with E-state index in [4.69, 9.17) is 16.3 Å². The molecule has 8 heteroatoms. The Labute approximate surface area is 159 Å². The third-order valence-corrected chi connectivity index (χ3v) is 5.25.